The van der Waals surface area contributed by atoms with E-state index in [1.54, 1.807) is 0 Å². The number of hydrogen-bond donors (Lipinski definition) is 2. The third kappa shape index (κ3) is 5.14. The molecular weight excluding hydrogens is 324 g/mol. The molecule has 1 heterocycles. The summed E-state index contributed by atoms with van der Waals surface area (Å²) in [5.41, 5.74) is 0.531. The summed E-state index contributed by atoms with van der Waals surface area (Å²) in [6, 6.07) is 0. The smallest absolute Gasteiger partial charge is 0.223 e. The standard InChI is InChI=1S/C21H38N4O/c1-22-20(24-15-8-14-23-19(26)18-9-6-10-18)25-16-7-13-21(17-25)11-4-2-3-5-12-21/h18H,2-17H2,1H3,(H,22,24)(H,23,26). The summed E-state index contributed by atoms with van der Waals surface area (Å²) >= 11 is 0. The van der Waals surface area contributed by atoms with E-state index in [2.05, 4.69) is 20.5 Å². The van der Waals surface area contributed by atoms with Crippen molar-refractivity contribution in [3.63, 3.8) is 0 Å². The first kappa shape index (κ1) is 19.5. The number of aliphatic imine (C=N–C) groups is 1. The van der Waals surface area contributed by atoms with Crippen LogP contribution in [0, 0.1) is 11.3 Å². The maximum atomic E-state index is 11.9. The fourth-order valence-corrected chi connectivity index (χ4v) is 4.92. The van der Waals surface area contributed by atoms with Crippen molar-refractivity contribution in [1.82, 2.24) is 15.5 Å². The average Bonchev–Trinajstić information content (AvgIpc) is 2.82. The third-order valence-electron chi connectivity index (χ3n) is 6.75. The second-order valence-electron chi connectivity index (χ2n) is 8.69. The van der Waals surface area contributed by atoms with Gasteiger partial charge in [-0.2, -0.15) is 0 Å². The van der Waals surface area contributed by atoms with Crippen LogP contribution in [0.2, 0.25) is 0 Å². The van der Waals surface area contributed by atoms with Gasteiger partial charge in [-0.3, -0.25) is 9.79 Å². The zero-order valence-corrected chi connectivity index (χ0v) is 16.7. The van der Waals surface area contributed by atoms with Crippen molar-refractivity contribution in [2.45, 2.75) is 77.0 Å². The fraction of sp³-hybridized carbons (Fsp3) is 0.905. The number of nitrogens with zero attached hydrogens (tertiary/aromatic N) is 2. The van der Waals surface area contributed by atoms with Crippen LogP contribution < -0.4 is 10.6 Å². The minimum atomic E-state index is 0.256. The van der Waals surface area contributed by atoms with Gasteiger partial charge in [-0.05, 0) is 50.4 Å². The zero-order valence-electron chi connectivity index (χ0n) is 16.7. The number of carbonyl (C=O) groups is 1. The Bertz CT molecular complexity index is 478. The number of amides is 1. The van der Waals surface area contributed by atoms with Gasteiger partial charge in [0.15, 0.2) is 5.96 Å². The quantitative estimate of drug-likeness (QED) is 0.448. The van der Waals surface area contributed by atoms with Gasteiger partial charge in [-0.15, -0.1) is 0 Å². The van der Waals surface area contributed by atoms with Crippen LogP contribution >= 0.6 is 0 Å². The molecule has 1 amide bonds. The minimum Gasteiger partial charge on any atom is -0.356 e. The van der Waals surface area contributed by atoms with Gasteiger partial charge in [-0.25, -0.2) is 0 Å². The molecule has 0 bridgehead atoms. The van der Waals surface area contributed by atoms with Crippen molar-refractivity contribution < 1.29 is 4.79 Å². The molecule has 0 aromatic heterocycles. The van der Waals surface area contributed by atoms with Crippen molar-refractivity contribution >= 4 is 11.9 Å². The van der Waals surface area contributed by atoms with Crippen LogP contribution in [0.15, 0.2) is 4.99 Å². The molecule has 1 spiro atoms. The molecule has 3 aliphatic rings. The Morgan fingerprint density at radius 2 is 1.69 bits per heavy atom. The van der Waals surface area contributed by atoms with E-state index in [9.17, 15) is 4.79 Å². The molecule has 1 aliphatic heterocycles. The Balaban J connectivity index is 1.39. The maximum Gasteiger partial charge on any atom is 0.223 e. The van der Waals surface area contributed by atoms with E-state index in [0.29, 0.717) is 11.3 Å². The topological polar surface area (TPSA) is 56.7 Å². The minimum absolute atomic E-state index is 0.256. The van der Waals surface area contributed by atoms with Gasteiger partial charge in [0.1, 0.15) is 0 Å². The number of hydrogen-bond acceptors (Lipinski definition) is 2. The van der Waals surface area contributed by atoms with E-state index in [1.807, 2.05) is 7.05 Å². The van der Waals surface area contributed by atoms with Crippen LogP contribution in [0.25, 0.3) is 0 Å². The molecule has 0 aromatic carbocycles. The van der Waals surface area contributed by atoms with Crippen LogP contribution in [-0.4, -0.2) is 50.0 Å². The molecule has 1 saturated heterocycles. The molecule has 148 valence electrons. The summed E-state index contributed by atoms with van der Waals surface area (Å²) in [4.78, 5) is 18.9. The first-order valence-corrected chi connectivity index (χ1v) is 11.0. The van der Waals surface area contributed by atoms with Gasteiger partial charge in [-0.1, -0.05) is 32.1 Å². The second-order valence-corrected chi connectivity index (χ2v) is 8.69. The number of carbonyl (C=O) groups excluding carboxylic acids is 1. The molecule has 2 aliphatic carbocycles. The highest BCUT2D eigenvalue weighted by molar-refractivity contribution is 5.80. The Morgan fingerprint density at radius 1 is 1.00 bits per heavy atom. The Labute approximate surface area is 159 Å². The normalized spacial score (nSPS) is 24.0. The molecule has 5 heteroatoms. The van der Waals surface area contributed by atoms with Crippen LogP contribution in [0.4, 0.5) is 0 Å². The van der Waals surface area contributed by atoms with Gasteiger partial charge in [0, 0.05) is 39.1 Å². The van der Waals surface area contributed by atoms with E-state index in [0.717, 1.165) is 44.9 Å². The first-order valence-electron chi connectivity index (χ1n) is 11.0. The lowest BCUT2D eigenvalue weighted by Gasteiger charge is -2.44. The molecule has 0 atom stereocenters. The van der Waals surface area contributed by atoms with E-state index < -0.39 is 0 Å². The van der Waals surface area contributed by atoms with Crippen LogP contribution in [-0.2, 0) is 4.79 Å². The van der Waals surface area contributed by atoms with Gasteiger partial charge < -0.3 is 15.5 Å². The molecule has 2 N–H and O–H groups in total. The monoisotopic (exact) mass is 362 g/mol. The molecule has 0 radical (unpaired) electrons. The highest BCUT2D eigenvalue weighted by atomic mass is 16.1. The maximum absolute atomic E-state index is 11.9. The average molecular weight is 363 g/mol. The summed E-state index contributed by atoms with van der Waals surface area (Å²) in [7, 11) is 1.90. The van der Waals surface area contributed by atoms with E-state index >= 15 is 0 Å². The summed E-state index contributed by atoms with van der Waals surface area (Å²) < 4.78 is 0. The molecule has 5 nitrogen and oxygen atoms in total. The summed E-state index contributed by atoms with van der Waals surface area (Å²) in [6.45, 7) is 3.94. The van der Waals surface area contributed by atoms with Crippen molar-refractivity contribution in [3.8, 4) is 0 Å². The number of guanidine groups is 1. The molecule has 0 unspecified atom stereocenters. The lowest BCUT2D eigenvalue weighted by molar-refractivity contribution is -0.127. The van der Waals surface area contributed by atoms with Gasteiger partial charge in [0.05, 0.1) is 0 Å². The van der Waals surface area contributed by atoms with E-state index in [1.165, 1.54) is 64.3 Å². The highest BCUT2D eigenvalue weighted by Crippen LogP contribution is 2.42. The zero-order chi connectivity index (χ0) is 18.2. The lowest BCUT2D eigenvalue weighted by atomic mass is 9.74. The predicted molar refractivity (Wildman–Crippen MR) is 107 cm³/mol. The molecule has 0 aromatic rings. The van der Waals surface area contributed by atoms with Crippen LogP contribution in [0.3, 0.4) is 0 Å². The number of nitrogens with one attached hydrogen (secondary N) is 2. The van der Waals surface area contributed by atoms with Gasteiger partial charge in [0.25, 0.3) is 0 Å². The Kier molecular flexibility index (Phi) is 7.21. The molecule has 2 saturated carbocycles. The van der Waals surface area contributed by atoms with Crippen LogP contribution in [0.5, 0.6) is 0 Å². The Morgan fingerprint density at radius 3 is 2.35 bits per heavy atom. The number of likely N-dealkylation sites (tertiary alicyclic amines) is 1. The van der Waals surface area contributed by atoms with Gasteiger partial charge >= 0.3 is 0 Å². The molecule has 3 fully saturated rings. The SMILES string of the molecule is CN=C(NCCCNC(=O)C1CCC1)N1CCCC2(CCCCCC2)C1. The third-order valence-corrected chi connectivity index (χ3v) is 6.75. The van der Waals surface area contributed by atoms with Crippen molar-refractivity contribution in [1.29, 1.82) is 0 Å². The fourth-order valence-electron chi connectivity index (χ4n) is 4.92. The first-order chi connectivity index (χ1) is 12.7. The van der Waals surface area contributed by atoms with Gasteiger partial charge in [0.2, 0.25) is 5.91 Å². The second kappa shape index (κ2) is 9.61. The molecule has 26 heavy (non-hydrogen) atoms. The van der Waals surface area contributed by atoms with E-state index in [4.69, 9.17) is 0 Å². The van der Waals surface area contributed by atoms with E-state index in [-0.39, 0.29) is 5.91 Å². The highest BCUT2D eigenvalue weighted by Gasteiger charge is 2.36. The predicted octanol–water partition coefficient (Wildman–Crippen LogP) is 3.30. The summed E-state index contributed by atoms with van der Waals surface area (Å²) in [6.07, 6.45) is 15.4. The molecular formula is C21H38N4O. The van der Waals surface area contributed by atoms with Crippen molar-refractivity contribution in [2.24, 2.45) is 16.3 Å². The summed E-state index contributed by atoms with van der Waals surface area (Å²) in [5.74, 6) is 1.60. The van der Waals surface area contributed by atoms with Crippen molar-refractivity contribution in [3.05, 3.63) is 0 Å². The lowest BCUT2D eigenvalue weighted by Crippen LogP contribution is -2.50. The largest absolute Gasteiger partial charge is 0.356 e. The Hall–Kier alpha value is -1.26. The number of rotatable bonds is 5. The van der Waals surface area contributed by atoms with Crippen LogP contribution in [0.1, 0.15) is 77.0 Å². The summed E-state index contributed by atoms with van der Waals surface area (Å²) in [5, 5.41) is 6.61. The molecule has 3 rings (SSSR count). The van der Waals surface area contributed by atoms with Crippen molar-refractivity contribution in [2.75, 3.05) is 33.2 Å². The number of piperidine rings is 1.